The van der Waals surface area contributed by atoms with E-state index in [1.165, 1.54) is 6.33 Å². The van der Waals surface area contributed by atoms with Crippen LogP contribution >= 0.6 is 11.6 Å². The van der Waals surface area contributed by atoms with Crippen LogP contribution in [0, 0.1) is 0 Å². The van der Waals surface area contributed by atoms with E-state index in [9.17, 15) is 0 Å². The Kier molecular flexibility index (Phi) is 6.11. The second-order valence-corrected chi connectivity index (χ2v) is 3.96. The molecule has 0 bridgehead atoms. The number of methoxy groups -OCH3 is 1. The lowest BCUT2D eigenvalue weighted by atomic mass is 10.2. The molecule has 0 aliphatic carbocycles. The highest BCUT2D eigenvalue weighted by Crippen LogP contribution is 2.12. The Morgan fingerprint density at radius 1 is 1.44 bits per heavy atom. The van der Waals surface area contributed by atoms with E-state index in [0.717, 1.165) is 18.7 Å². The van der Waals surface area contributed by atoms with E-state index < -0.39 is 0 Å². The molecule has 90 valence electrons. The summed E-state index contributed by atoms with van der Waals surface area (Å²) >= 11 is 6.17. The van der Waals surface area contributed by atoms with E-state index in [1.54, 1.807) is 13.2 Å². The zero-order valence-corrected chi connectivity index (χ0v) is 10.4. The molecule has 0 N–H and O–H groups in total. The van der Waals surface area contributed by atoms with Crippen LogP contribution in [0.1, 0.15) is 19.0 Å². The van der Waals surface area contributed by atoms with Crippen LogP contribution in [0.5, 0.6) is 5.88 Å². The fraction of sp³-hybridized carbons (Fsp3) is 0.636. The van der Waals surface area contributed by atoms with Crippen molar-refractivity contribution < 1.29 is 9.47 Å². The number of halogens is 1. The summed E-state index contributed by atoms with van der Waals surface area (Å²) in [5, 5.41) is 0.0335. The van der Waals surface area contributed by atoms with Crippen molar-refractivity contribution in [2.75, 3.05) is 20.3 Å². The van der Waals surface area contributed by atoms with Gasteiger partial charge in [0.15, 0.2) is 0 Å². The van der Waals surface area contributed by atoms with Gasteiger partial charge in [-0.15, -0.1) is 11.6 Å². The maximum Gasteiger partial charge on any atom is 0.216 e. The topological polar surface area (TPSA) is 44.2 Å². The van der Waals surface area contributed by atoms with E-state index in [2.05, 4.69) is 9.97 Å². The fourth-order valence-corrected chi connectivity index (χ4v) is 1.53. The summed E-state index contributed by atoms with van der Waals surface area (Å²) < 4.78 is 10.3. The molecule has 4 nitrogen and oxygen atoms in total. The average Bonchev–Trinajstić information content (AvgIpc) is 2.29. The lowest BCUT2D eigenvalue weighted by Gasteiger charge is -2.09. The molecule has 0 aromatic carbocycles. The normalized spacial score (nSPS) is 12.4. The summed E-state index contributed by atoms with van der Waals surface area (Å²) in [5.41, 5.74) is 0.892. The maximum atomic E-state index is 6.17. The van der Waals surface area contributed by atoms with Crippen LogP contribution in [0.15, 0.2) is 12.4 Å². The summed E-state index contributed by atoms with van der Waals surface area (Å²) in [4.78, 5) is 8.08. The maximum absolute atomic E-state index is 6.17. The van der Waals surface area contributed by atoms with Gasteiger partial charge in [-0.05, 0) is 13.3 Å². The van der Waals surface area contributed by atoms with Crippen LogP contribution in [0.3, 0.4) is 0 Å². The number of alkyl halides is 1. The molecule has 16 heavy (non-hydrogen) atoms. The van der Waals surface area contributed by atoms with Gasteiger partial charge in [0, 0.05) is 36.8 Å². The van der Waals surface area contributed by atoms with Crippen molar-refractivity contribution in [2.45, 2.75) is 25.1 Å². The van der Waals surface area contributed by atoms with Crippen LogP contribution in [0.4, 0.5) is 0 Å². The number of aromatic nitrogens is 2. The van der Waals surface area contributed by atoms with Crippen LogP contribution in [0.2, 0.25) is 0 Å². The smallest absolute Gasteiger partial charge is 0.216 e. The van der Waals surface area contributed by atoms with Gasteiger partial charge < -0.3 is 9.47 Å². The quantitative estimate of drug-likeness (QED) is 0.544. The molecule has 0 amide bonds. The molecule has 0 aliphatic rings. The Morgan fingerprint density at radius 3 is 2.94 bits per heavy atom. The van der Waals surface area contributed by atoms with Gasteiger partial charge in [-0.25, -0.2) is 9.97 Å². The van der Waals surface area contributed by atoms with Crippen LogP contribution < -0.4 is 4.74 Å². The number of hydrogen-bond donors (Lipinski definition) is 0. The number of rotatable bonds is 7. The molecule has 0 aliphatic heterocycles. The van der Waals surface area contributed by atoms with Crippen molar-refractivity contribution in [3.05, 3.63) is 18.1 Å². The van der Waals surface area contributed by atoms with E-state index in [-0.39, 0.29) is 5.38 Å². The largest absolute Gasteiger partial charge is 0.481 e. The Morgan fingerprint density at radius 2 is 2.25 bits per heavy atom. The minimum atomic E-state index is 0.0335. The molecule has 5 heteroatoms. The van der Waals surface area contributed by atoms with Crippen molar-refractivity contribution in [1.82, 2.24) is 9.97 Å². The van der Waals surface area contributed by atoms with Gasteiger partial charge in [0.05, 0.1) is 7.11 Å². The highest BCUT2D eigenvalue weighted by atomic mass is 35.5. The number of nitrogens with zero attached hydrogens (tertiary/aromatic N) is 2. The highest BCUT2D eigenvalue weighted by molar-refractivity contribution is 6.20. The molecular formula is C11H17ClN2O2. The molecule has 0 radical (unpaired) electrons. The molecule has 1 aromatic rings. The third-order valence-corrected chi connectivity index (χ3v) is 2.49. The number of ether oxygens (including phenoxy) is 2. The van der Waals surface area contributed by atoms with E-state index in [4.69, 9.17) is 21.1 Å². The lowest BCUT2D eigenvalue weighted by molar-refractivity contribution is 0.144. The molecule has 0 saturated carbocycles. The highest BCUT2D eigenvalue weighted by Gasteiger charge is 2.08. The molecule has 1 rings (SSSR count). The fourth-order valence-electron chi connectivity index (χ4n) is 1.28. The summed E-state index contributed by atoms with van der Waals surface area (Å²) in [6.45, 7) is 3.39. The first kappa shape index (κ1) is 13.2. The summed E-state index contributed by atoms with van der Waals surface area (Å²) in [6, 6.07) is 1.80. The number of hydrogen-bond acceptors (Lipinski definition) is 4. The van der Waals surface area contributed by atoms with Crippen molar-refractivity contribution in [3.63, 3.8) is 0 Å². The predicted octanol–water partition coefficient (Wildman–Crippen LogP) is 2.06. The second-order valence-electron chi connectivity index (χ2n) is 3.34. The molecule has 1 heterocycles. The first-order chi connectivity index (χ1) is 7.76. The minimum absolute atomic E-state index is 0.0335. The van der Waals surface area contributed by atoms with Crippen LogP contribution in [-0.2, 0) is 11.2 Å². The molecule has 1 unspecified atom stereocenters. The molecule has 0 saturated heterocycles. The predicted molar refractivity (Wildman–Crippen MR) is 63.0 cm³/mol. The third-order valence-electron chi connectivity index (χ3n) is 2.12. The van der Waals surface area contributed by atoms with Gasteiger partial charge in [-0.3, -0.25) is 0 Å². The van der Waals surface area contributed by atoms with Gasteiger partial charge >= 0.3 is 0 Å². The third kappa shape index (κ3) is 4.77. The Bertz CT molecular complexity index is 310. The first-order valence-electron chi connectivity index (χ1n) is 5.33. The summed E-state index contributed by atoms with van der Waals surface area (Å²) in [7, 11) is 1.58. The van der Waals surface area contributed by atoms with Gasteiger partial charge in [0.2, 0.25) is 5.88 Å². The van der Waals surface area contributed by atoms with E-state index >= 15 is 0 Å². The minimum Gasteiger partial charge on any atom is -0.481 e. The Balaban J connectivity index is 2.39. The standard InChI is InChI=1S/C11H17ClN2O2/c1-3-16-5-4-9(12)6-10-7-11(15-2)14-8-13-10/h7-9H,3-6H2,1-2H3. The first-order valence-corrected chi connectivity index (χ1v) is 5.76. The lowest BCUT2D eigenvalue weighted by Crippen LogP contribution is -2.09. The van der Waals surface area contributed by atoms with E-state index in [1.807, 2.05) is 6.92 Å². The van der Waals surface area contributed by atoms with Crippen LogP contribution in [0.25, 0.3) is 0 Å². The summed E-state index contributed by atoms with van der Waals surface area (Å²) in [6.07, 6.45) is 3.01. The van der Waals surface area contributed by atoms with Gasteiger partial charge in [0.25, 0.3) is 0 Å². The Labute approximate surface area is 101 Å². The van der Waals surface area contributed by atoms with Crippen LogP contribution in [-0.4, -0.2) is 35.7 Å². The van der Waals surface area contributed by atoms with Gasteiger partial charge in [-0.1, -0.05) is 0 Å². The summed E-state index contributed by atoms with van der Waals surface area (Å²) in [5.74, 6) is 0.568. The van der Waals surface area contributed by atoms with E-state index in [0.29, 0.717) is 18.9 Å². The zero-order chi connectivity index (χ0) is 11.8. The molecular weight excluding hydrogens is 228 g/mol. The van der Waals surface area contributed by atoms with Gasteiger partial charge in [-0.2, -0.15) is 0 Å². The van der Waals surface area contributed by atoms with Crippen molar-refractivity contribution in [2.24, 2.45) is 0 Å². The Hall–Kier alpha value is -0.870. The van der Waals surface area contributed by atoms with Crippen molar-refractivity contribution in [3.8, 4) is 5.88 Å². The SMILES string of the molecule is CCOCCC(Cl)Cc1cc(OC)ncn1. The van der Waals surface area contributed by atoms with Crippen molar-refractivity contribution in [1.29, 1.82) is 0 Å². The average molecular weight is 245 g/mol. The van der Waals surface area contributed by atoms with Crippen molar-refractivity contribution >= 4 is 11.6 Å². The zero-order valence-electron chi connectivity index (χ0n) is 9.65. The second kappa shape index (κ2) is 7.41. The molecule has 0 fully saturated rings. The molecule has 0 spiro atoms. The molecule has 1 aromatic heterocycles. The molecule has 1 atom stereocenters. The monoisotopic (exact) mass is 244 g/mol. The van der Waals surface area contributed by atoms with Gasteiger partial charge in [0.1, 0.15) is 6.33 Å².